The van der Waals surface area contributed by atoms with E-state index < -0.39 is 0 Å². The van der Waals surface area contributed by atoms with Crippen LogP contribution in [0, 0.1) is 0 Å². The molecule has 1 saturated heterocycles. The second-order valence-electron chi connectivity index (χ2n) is 5.31. The van der Waals surface area contributed by atoms with Gasteiger partial charge in [0.15, 0.2) is 11.5 Å². The molecule has 0 saturated carbocycles. The van der Waals surface area contributed by atoms with Gasteiger partial charge in [-0.15, -0.1) is 12.4 Å². The molecule has 124 valence electrons. The lowest BCUT2D eigenvalue weighted by Gasteiger charge is -2.30. The van der Waals surface area contributed by atoms with E-state index in [2.05, 4.69) is 17.4 Å². The van der Waals surface area contributed by atoms with Crippen LogP contribution in [-0.4, -0.2) is 20.8 Å². The number of hydrogen-bond acceptors (Lipinski definition) is 4. The Bertz CT molecular complexity index is 630. The van der Waals surface area contributed by atoms with E-state index in [1.807, 2.05) is 30.3 Å². The molecule has 0 spiro atoms. The van der Waals surface area contributed by atoms with Crippen LogP contribution in [0.1, 0.15) is 23.6 Å². The number of hydrogen-bond donors (Lipinski definition) is 1. The lowest BCUT2D eigenvalue weighted by atomic mass is 9.96. The molecule has 1 atom stereocenters. The van der Waals surface area contributed by atoms with Crippen molar-refractivity contribution in [2.45, 2.75) is 19.1 Å². The minimum Gasteiger partial charge on any atom is -0.493 e. The van der Waals surface area contributed by atoms with Crippen molar-refractivity contribution in [2.24, 2.45) is 0 Å². The van der Waals surface area contributed by atoms with Crippen LogP contribution in [0.2, 0.25) is 0 Å². The van der Waals surface area contributed by atoms with Gasteiger partial charge in [-0.2, -0.15) is 0 Å². The third-order valence-electron chi connectivity index (χ3n) is 3.95. The first-order valence-electron chi connectivity index (χ1n) is 7.48. The van der Waals surface area contributed by atoms with E-state index in [0.29, 0.717) is 18.4 Å². The van der Waals surface area contributed by atoms with Crippen molar-refractivity contribution in [1.29, 1.82) is 0 Å². The number of nitrogens with one attached hydrogen (secondary N) is 1. The summed E-state index contributed by atoms with van der Waals surface area (Å²) in [6.45, 7) is 1.58. The summed E-state index contributed by atoms with van der Waals surface area (Å²) in [7, 11) is 3.29. The Balaban J connectivity index is 0.00000192. The smallest absolute Gasteiger partial charge is 0.164 e. The average Bonchev–Trinajstić information content (AvgIpc) is 2.52. The van der Waals surface area contributed by atoms with Crippen LogP contribution in [0.15, 0.2) is 42.5 Å². The number of ether oxygens (including phenoxy) is 3. The molecule has 0 unspecified atom stereocenters. The second kappa shape index (κ2) is 8.09. The average molecular weight is 336 g/mol. The van der Waals surface area contributed by atoms with Crippen LogP contribution in [-0.2, 0) is 6.61 Å². The summed E-state index contributed by atoms with van der Waals surface area (Å²) < 4.78 is 16.8. The van der Waals surface area contributed by atoms with E-state index in [1.165, 1.54) is 0 Å². The molecule has 1 aliphatic heterocycles. The number of methoxy groups -OCH3 is 2. The van der Waals surface area contributed by atoms with Crippen molar-refractivity contribution in [3.8, 4) is 17.2 Å². The van der Waals surface area contributed by atoms with Gasteiger partial charge in [0.25, 0.3) is 0 Å². The summed E-state index contributed by atoms with van der Waals surface area (Å²) in [5.41, 5.74) is 2.27. The topological polar surface area (TPSA) is 39.7 Å². The Labute approximate surface area is 143 Å². The van der Waals surface area contributed by atoms with Crippen molar-refractivity contribution in [1.82, 2.24) is 5.32 Å². The van der Waals surface area contributed by atoms with Crippen molar-refractivity contribution in [3.05, 3.63) is 53.6 Å². The molecule has 0 aliphatic carbocycles. The molecule has 0 amide bonds. The lowest BCUT2D eigenvalue weighted by molar-refractivity contribution is 0.283. The van der Waals surface area contributed by atoms with Crippen LogP contribution in [0.3, 0.4) is 0 Å². The highest BCUT2D eigenvalue weighted by Gasteiger charge is 2.24. The SMILES string of the molecule is COc1cc(OCc2ccccc2)c([C@H]2CCN2)cc1OC.Cl. The van der Waals surface area contributed by atoms with Crippen molar-refractivity contribution in [3.63, 3.8) is 0 Å². The molecule has 1 heterocycles. The van der Waals surface area contributed by atoms with Crippen molar-refractivity contribution >= 4 is 12.4 Å². The van der Waals surface area contributed by atoms with E-state index in [-0.39, 0.29) is 12.4 Å². The number of rotatable bonds is 6. The Morgan fingerprint density at radius 1 is 1.00 bits per heavy atom. The summed E-state index contributed by atoms with van der Waals surface area (Å²) in [6.07, 6.45) is 1.11. The van der Waals surface area contributed by atoms with E-state index in [9.17, 15) is 0 Å². The number of halogens is 1. The molecule has 5 heteroatoms. The monoisotopic (exact) mass is 335 g/mol. The molecule has 3 rings (SSSR count). The van der Waals surface area contributed by atoms with Gasteiger partial charge in [-0.3, -0.25) is 0 Å². The summed E-state index contributed by atoms with van der Waals surface area (Å²) in [4.78, 5) is 0. The standard InChI is InChI=1S/C18H21NO3.ClH/c1-20-17-10-14(15-8-9-19-15)16(11-18(17)21-2)22-12-13-6-4-3-5-7-13;/h3-7,10-11,15,19H,8-9,12H2,1-2H3;1H/t15-;/m1./s1. The molecule has 0 radical (unpaired) electrons. The second-order valence-corrected chi connectivity index (χ2v) is 5.31. The highest BCUT2D eigenvalue weighted by molar-refractivity contribution is 5.85. The third-order valence-corrected chi connectivity index (χ3v) is 3.95. The molecular weight excluding hydrogens is 314 g/mol. The van der Waals surface area contributed by atoms with Gasteiger partial charge in [0, 0.05) is 17.7 Å². The molecule has 0 bridgehead atoms. The predicted octanol–water partition coefficient (Wildman–Crippen LogP) is 3.74. The van der Waals surface area contributed by atoms with Gasteiger partial charge in [-0.1, -0.05) is 30.3 Å². The quantitative estimate of drug-likeness (QED) is 0.873. The zero-order valence-electron chi connectivity index (χ0n) is 13.4. The maximum atomic E-state index is 6.05. The predicted molar refractivity (Wildman–Crippen MR) is 92.9 cm³/mol. The molecule has 1 fully saturated rings. The summed E-state index contributed by atoms with van der Waals surface area (Å²) in [6, 6.07) is 14.4. The fourth-order valence-corrected chi connectivity index (χ4v) is 2.56. The molecule has 2 aromatic rings. The van der Waals surface area contributed by atoms with Crippen LogP contribution in [0.25, 0.3) is 0 Å². The first-order valence-corrected chi connectivity index (χ1v) is 7.48. The summed E-state index contributed by atoms with van der Waals surface area (Å²) in [5, 5.41) is 3.41. The maximum Gasteiger partial charge on any atom is 0.164 e. The maximum absolute atomic E-state index is 6.05. The van der Waals surface area contributed by atoms with Gasteiger partial charge in [-0.05, 0) is 24.6 Å². The van der Waals surface area contributed by atoms with E-state index in [4.69, 9.17) is 14.2 Å². The summed E-state index contributed by atoms with van der Waals surface area (Å²) >= 11 is 0. The van der Waals surface area contributed by atoms with Gasteiger partial charge < -0.3 is 19.5 Å². The largest absolute Gasteiger partial charge is 0.493 e. The molecule has 2 aromatic carbocycles. The highest BCUT2D eigenvalue weighted by atomic mass is 35.5. The van der Waals surface area contributed by atoms with Crippen molar-refractivity contribution < 1.29 is 14.2 Å². The Hall–Kier alpha value is -1.91. The molecular formula is C18H22ClNO3. The Morgan fingerprint density at radius 2 is 1.65 bits per heavy atom. The van der Waals surface area contributed by atoms with Gasteiger partial charge in [0.2, 0.25) is 0 Å². The Kier molecular flexibility index (Phi) is 6.13. The minimum absolute atomic E-state index is 0. The number of benzene rings is 2. The Morgan fingerprint density at radius 3 is 2.22 bits per heavy atom. The van der Waals surface area contributed by atoms with Crippen LogP contribution < -0.4 is 19.5 Å². The first-order chi connectivity index (χ1) is 10.8. The van der Waals surface area contributed by atoms with E-state index in [1.54, 1.807) is 14.2 Å². The van der Waals surface area contributed by atoms with Gasteiger partial charge in [0.05, 0.1) is 14.2 Å². The lowest BCUT2D eigenvalue weighted by Crippen LogP contribution is -2.35. The zero-order valence-corrected chi connectivity index (χ0v) is 14.2. The first kappa shape index (κ1) is 17.4. The molecule has 1 aliphatic rings. The fraction of sp³-hybridized carbons (Fsp3) is 0.333. The molecule has 4 nitrogen and oxygen atoms in total. The van der Waals surface area contributed by atoms with Crippen LogP contribution in [0.5, 0.6) is 17.2 Å². The van der Waals surface area contributed by atoms with Crippen molar-refractivity contribution in [2.75, 3.05) is 20.8 Å². The fourth-order valence-electron chi connectivity index (χ4n) is 2.56. The molecule has 23 heavy (non-hydrogen) atoms. The molecule has 0 aromatic heterocycles. The van der Waals surface area contributed by atoms with Gasteiger partial charge in [-0.25, -0.2) is 0 Å². The van der Waals surface area contributed by atoms with Crippen LogP contribution >= 0.6 is 12.4 Å². The third kappa shape index (κ3) is 3.89. The highest BCUT2D eigenvalue weighted by Crippen LogP contribution is 2.40. The summed E-state index contributed by atoms with van der Waals surface area (Å²) in [5.74, 6) is 2.27. The van der Waals surface area contributed by atoms with Crippen LogP contribution in [0.4, 0.5) is 0 Å². The van der Waals surface area contributed by atoms with E-state index >= 15 is 0 Å². The minimum atomic E-state index is 0. The molecule has 1 N–H and O–H groups in total. The van der Waals surface area contributed by atoms with Gasteiger partial charge >= 0.3 is 0 Å². The normalized spacial score (nSPS) is 16.0. The van der Waals surface area contributed by atoms with Gasteiger partial charge in [0.1, 0.15) is 12.4 Å². The zero-order chi connectivity index (χ0) is 15.4. The van der Waals surface area contributed by atoms with E-state index in [0.717, 1.165) is 35.6 Å².